The summed E-state index contributed by atoms with van der Waals surface area (Å²) in [6.07, 6.45) is 5.72. The van der Waals surface area contributed by atoms with E-state index in [-0.39, 0.29) is 5.91 Å². The number of nitrogens with zero attached hydrogens (tertiary/aromatic N) is 1. The SMILES string of the molecule is Cc1cccc(Cc2cnc(NC(=O)/C=C/c3ccc(Cl)c(Cl)c3)s2)c1. The second kappa shape index (κ2) is 8.49. The molecular weight excluding hydrogens is 387 g/mol. The Hall–Kier alpha value is -2.14. The summed E-state index contributed by atoms with van der Waals surface area (Å²) in [5.41, 5.74) is 3.26. The van der Waals surface area contributed by atoms with Gasteiger partial charge < -0.3 is 0 Å². The summed E-state index contributed by atoms with van der Waals surface area (Å²) < 4.78 is 0. The van der Waals surface area contributed by atoms with Crippen LogP contribution in [-0.2, 0) is 11.2 Å². The Morgan fingerprint density at radius 3 is 2.81 bits per heavy atom. The molecule has 1 N–H and O–H groups in total. The lowest BCUT2D eigenvalue weighted by atomic mass is 10.1. The lowest BCUT2D eigenvalue weighted by Gasteiger charge is -2.00. The number of rotatable bonds is 5. The highest BCUT2D eigenvalue weighted by Gasteiger charge is 2.06. The first-order valence-electron chi connectivity index (χ1n) is 7.94. The van der Waals surface area contributed by atoms with Crippen molar-refractivity contribution in [2.24, 2.45) is 0 Å². The molecule has 0 saturated carbocycles. The van der Waals surface area contributed by atoms with E-state index in [1.54, 1.807) is 30.5 Å². The van der Waals surface area contributed by atoms with Gasteiger partial charge in [-0.2, -0.15) is 0 Å². The van der Waals surface area contributed by atoms with Gasteiger partial charge in [0, 0.05) is 23.6 Å². The topological polar surface area (TPSA) is 42.0 Å². The highest BCUT2D eigenvalue weighted by atomic mass is 35.5. The van der Waals surface area contributed by atoms with Gasteiger partial charge in [-0.15, -0.1) is 11.3 Å². The van der Waals surface area contributed by atoms with Gasteiger partial charge in [0.15, 0.2) is 5.13 Å². The molecule has 1 amide bonds. The highest BCUT2D eigenvalue weighted by molar-refractivity contribution is 7.15. The van der Waals surface area contributed by atoms with Crippen LogP contribution in [0, 0.1) is 6.92 Å². The zero-order valence-corrected chi connectivity index (χ0v) is 16.3. The van der Waals surface area contributed by atoms with E-state index in [4.69, 9.17) is 23.2 Å². The van der Waals surface area contributed by atoms with Crippen molar-refractivity contribution in [3.05, 3.63) is 86.4 Å². The van der Waals surface area contributed by atoms with E-state index >= 15 is 0 Å². The van der Waals surface area contributed by atoms with E-state index in [2.05, 4.69) is 35.4 Å². The molecule has 6 heteroatoms. The van der Waals surface area contributed by atoms with E-state index < -0.39 is 0 Å². The van der Waals surface area contributed by atoms with Crippen molar-refractivity contribution in [2.45, 2.75) is 13.3 Å². The number of amides is 1. The maximum absolute atomic E-state index is 12.1. The van der Waals surface area contributed by atoms with E-state index in [1.165, 1.54) is 28.5 Å². The van der Waals surface area contributed by atoms with Crippen LogP contribution in [0.4, 0.5) is 5.13 Å². The summed E-state index contributed by atoms with van der Waals surface area (Å²) in [4.78, 5) is 17.4. The maximum atomic E-state index is 12.1. The number of halogens is 2. The van der Waals surface area contributed by atoms with Gasteiger partial charge in [0.05, 0.1) is 10.0 Å². The predicted molar refractivity (Wildman–Crippen MR) is 110 cm³/mol. The minimum absolute atomic E-state index is 0.243. The molecule has 26 heavy (non-hydrogen) atoms. The van der Waals surface area contributed by atoms with Crippen LogP contribution in [0.15, 0.2) is 54.7 Å². The second-order valence-electron chi connectivity index (χ2n) is 5.79. The Balaban J connectivity index is 1.60. The summed E-state index contributed by atoms with van der Waals surface area (Å²) in [5, 5.41) is 4.30. The van der Waals surface area contributed by atoms with Crippen LogP contribution in [0.3, 0.4) is 0 Å². The largest absolute Gasteiger partial charge is 0.298 e. The number of carbonyl (C=O) groups excluding carboxylic acids is 1. The van der Waals surface area contributed by atoms with E-state index in [1.807, 2.05) is 6.07 Å². The van der Waals surface area contributed by atoms with Gasteiger partial charge in [0.25, 0.3) is 0 Å². The number of nitrogens with one attached hydrogen (secondary N) is 1. The standard InChI is InChI=1S/C20H16Cl2N2OS/c1-13-3-2-4-15(9-13)10-16-12-23-20(26-16)24-19(25)8-6-14-5-7-17(21)18(22)11-14/h2-9,11-12H,10H2,1H3,(H,23,24,25)/b8-6+. The minimum Gasteiger partial charge on any atom is -0.298 e. The van der Waals surface area contributed by atoms with Crippen LogP contribution in [0.2, 0.25) is 10.0 Å². The molecule has 2 aromatic carbocycles. The maximum Gasteiger partial charge on any atom is 0.250 e. The number of carbonyl (C=O) groups is 1. The van der Waals surface area contributed by atoms with Crippen LogP contribution < -0.4 is 5.32 Å². The van der Waals surface area contributed by atoms with Crippen molar-refractivity contribution in [2.75, 3.05) is 5.32 Å². The molecule has 0 saturated heterocycles. The first-order chi connectivity index (χ1) is 12.5. The second-order valence-corrected chi connectivity index (χ2v) is 7.72. The number of aromatic nitrogens is 1. The van der Waals surface area contributed by atoms with Crippen LogP contribution >= 0.6 is 34.5 Å². The van der Waals surface area contributed by atoms with Gasteiger partial charge in [-0.25, -0.2) is 4.98 Å². The molecule has 0 aliphatic carbocycles. The number of hydrogen-bond donors (Lipinski definition) is 1. The molecule has 0 bridgehead atoms. The average Bonchev–Trinajstić information content (AvgIpc) is 3.03. The third-order valence-electron chi connectivity index (χ3n) is 3.62. The lowest BCUT2D eigenvalue weighted by Crippen LogP contribution is -2.07. The Morgan fingerprint density at radius 2 is 2.04 bits per heavy atom. The fraction of sp³-hybridized carbons (Fsp3) is 0.100. The van der Waals surface area contributed by atoms with Gasteiger partial charge >= 0.3 is 0 Å². The van der Waals surface area contributed by atoms with Crippen molar-refractivity contribution in [1.29, 1.82) is 0 Å². The fourth-order valence-corrected chi connectivity index (χ4v) is 3.56. The first kappa shape index (κ1) is 18.6. The number of anilines is 1. The molecule has 3 nitrogen and oxygen atoms in total. The van der Waals surface area contributed by atoms with Gasteiger partial charge in [-0.3, -0.25) is 10.1 Å². The molecule has 0 spiro atoms. The smallest absolute Gasteiger partial charge is 0.250 e. The van der Waals surface area contributed by atoms with Gasteiger partial charge in [-0.05, 0) is 36.3 Å². The zero-order valence-electron chi connectivity index (χ0n) is 14.0. The van der Waals surface area contributed by atoms with Crippen LogP contribution in [0.25, 0.3) is 6.08 Å². The van der Waals surface area contributed by atoms with Crippen LogP contribution in [0.5, 0.6) is 0 Å². The molecule has 0 aliphatic heterocycles. The van der Waals surface area contributed by atoms with Crippen molar-refractivity contribution in [3.63, 3.8) is 0 Å². The number of hydrogen-bond acceptors (Lipinski definition) is 3. The minimum atomic E-state index is -0.243. The molecule has 0 radical (unpaired) electrons. The quantitative estimate of drug-likeness (QED) is 0.531. The Kier molecular flexibility index (Phi) is 6.09. The average molecular weight is 403 g/mol. The van der Waals surface area contributed by atoms with E-state index in [0.29, 0.717) is 15.2 Å². The molecular formula is C20H16Cl2N2OS. The van der Waals surface area contributed by atoms with Crippen LogP contribution in [0.1, 0.15) is 21.6 Å². The fourth-order valence-electron chi connectivity index (χ4n) is 2.41. The van der Waals surface area contributed by atoms with Crippen molar-refractivity contribution < 1.29 is 4.79 Å². The summed E-state index contributed by atoms with van der Waals surface area (Å²) in [6.45, 7) is 2.07. The summed E-state index contributed by atoms with van der Waals surface area (Å²) in [6, 6.07) is 13.5. The number of thiazole rings is 1. The van der Waals surface area contributed by atoms with Crippen LogP contribution in [-0.4, -0.2) is 10.9 Å². The molecule has 0 unspecified atom stereocenters. The molecule has 0 atom stereocenters. The molecule has 3 aromatic rings. The lowest BCUT2D eigenvalue weighted by molar-refractivity contribution is -0.111. The molecule has 3 rings (SSSR count). The monoisotopic (exact) mass is 402 g/mol. The first-order valence-corrected chi connectivity index (χ1v) is 9.51. The summed E-state index contributed by atoms with van der Waals surface area (Å²) in [7, 11) is 0. The molecule has 1 heterocycles. The number of aryl methyl sites for hydroxylation is 1. The third-order valence-corrected chi connectivity index (χ3v) is 5.27. The molecule has 0 fully saturated rings. The van der Waals surface area contributed by atoms with Gasteiger partial charge in [-0.1, -0.05) is 59.1 Å². The molecule has 1 aromatic heterocycles. The van der Waals surface area contributed by atoms with E-state index in [0.717, 1.165) is 16.9 Å². The zero-order chi connectivity index (χ0) is 18.5. The Morgan fingerprint density at radius 1 is 1.19 bits per heavy atom. The Bertz CT molecular complexity index is 966. The third kappa shape index (κ3) is 5.18. The Labute approximate surface area is 166 Å². The molecule has 0 aliphatic rings. The predicted octanol–water partition coefficient (Wildman–Crippen LogP) is 6.00. The van der Waals surface area contributed by atoms with Gasteiger partial charge in [0.1, 0.15) is 0 Å². The normalized spacial score (nSPS) is 11.0. The van der Waals surface area contributed by atoms with Crippen molar-refractivity contribution in [3.8, 4) is 0 Å². The molecule has 132 valence electrons. The summed E-state index contributed by atoms with van der Waals surface area (Å²) in [5.74, 6) is -0.243. The highest BCUT2D eigenvalue weighted by Crippen LogP contribution is 2.24. The number of benzene rings is 2. The summed E-state index contributed by atoms with van der Waals surface area (Å²) >= 11 is 13.3. The van der Waals surface area contributed by atoms with Crippen molar-refractivity contribution in [1.82, 2.24) is 4.98 Å². The van der Waals surface area contributed by atoms with E-state index in [9.17, 15) is 4.79 Å². The van der Waals surface area contributed by atoms with Gasteiger partial charge in [0.2, 0.25) is 5.91 Å². The van der Waals surface area contributed by atoms with Crippen molar-refractivity contribution >= 4 is 51.7 Å².